The van der Waals surface area contributed by atoms with Gasteiger partial charge in [-0.3, -0.25) is 9.59 Å². The first kappa shape index (κ1) is 20.2. The number of aromatic nitrogens is 1. The van der Waals surface area contributed by atoms with Crippen LogP contribution in [-0.2, 0) is 4.79 Å². The van der Waals surface area contributed by atoms with Crippen LogP contribution in [0.15, 0.2) is 84.9 Å². The standard InChI is InChI=1S/C26H21N3O2S/c30-24(18-11-12-18)27-20-13-15-21(16-14-20)28-25(31)23-22(17-7-3-1-4-8-17)29-26(32-23)19-9-5-2-6-10-19/h1-10,13-16,18H,11-12H2,(H,27,30)(H,28,31). The van der Waals surface area contributed by atoms with E-state index >= 15 is 0 Å². The van der Waals surface area contributed by atoms with Gasteiger partial charge in [0.05, 0.1) is 5.69 Å². The zero-order chi connectivity index (χ0) is 21.9. The van der Waals surface area contributed by atoms with Crippen LogP contribution in [0.25, 0.3) is 21.8 Å². The molecule has 6 heteroatoms. The van der Waals surface area contributed by atoms with Gasteiger partial charge in [-0.15, -0.1) is 11.3 Å². The molecule has 0 bridgehead atoms. The van der Waals surface area contributed by atoms with Gasteiger partial charge in [0.1, 0.15) is 9.88 Å². The van der Waals surface area contributed by atoms with E-state index in [1.807, 2.05) is 60.7 Å². The maximum absolute atomic E-state index is 13.2. The first-order valence-corrected chi connectivity index (χ1v) is 11.3. The lowest BCUT2D eigenvalue weighted by Crippen LogP contribution is -2.14. The van der Waals surface area contributed by atoms with Gasteiger partial charge in [0.15, 0.2) is 0 Å². The zero-order valence-electron chi connectivity index (χ0n) is 17.2. The average Bonchev–Trinajstić information content (AvgIpc) is 3.59. The fourth-order valence-corrected chi connectivity index (χ4v) is 4.37. The summed E-state index contributed by atoms with van der Waals surface area (Å²) in [6.45, 7) is 0. The fourth-order valence-electron chi connectivity index (χ4n) is 3.38. The van der Waals surface area contributed by atoms with E-state index in [0.717, 1.165) is 34.7 Å². The molecule has 0 atom stereocenters. The van der Waals surface area contributed by atoms with Crippen LogP contribution in [0, 0.1) is 5.92 Å². The van der Waals surface area contributed by atoms with Crippen molar-refractivity contribution in [1.82, 2.24) is 4.98 Å². The summed E-state index contributed by atoms with van der Waals surface area (Å²) in [5.41, 5.74) is 3.93. The lowest BCUT2D eigenvalue weighted by molar-refractivity contribution is -0.117. The zero-order valence-corrected chi connectivity index (χ0v) is 18.1. The highest BCUT2D eigenvalue weighted by Crippen LogP contribution is 2.34. The molecule has 5 rings (SSSR count). The molecule has 0 spiro atoms. The predicted octanol–water partition coefficient (Wildman–Crippen LogP) is 6.08. The molecule has 2 N–H and O–H groups in total. The van der Waals surface area contributed by atoms with Crippen LogP contribution < -0.4 is 10.6 Å². The first-order valence-electron chi connectivity index (χ1n) is 10.5. The summed E-state index contributed by atoms with van der Waals surface area (Å²) in [7, 11) is 0. The normalized spacial score (nSPS) is 12.9. The maximum atomic E-state index is 13.2. The van der Waals surface area contributed by atoms with Gasteiger partial charge < -0.3 is 10.6 Å². The Bertz CT molecular complexity index is 1250. The molecule has 1 aliphatic carbocycles. The monoisotopic (exact) mass is 439 g/mol. The molecule has 0 aliphatic heterocycles. The molecule has 1 fully saturated rings. The van der Waals surface area contributed by atoms with Crippen molar-refractivity contribution >= 4 is 34.5 Å². The highest BCUT2D eigenvalue weighted by atomic mass is 32.1. The largest absolute Gasteiger partial charge is 0.326 e. The van der Waals surface area contributed by atoms with Crippen molar-refractivity contribution in [3.05, 3.63) is 89.8 Å². The third-order valence-electron chi connectivity index (χ3n) is 5.26. The van der Waals surface area contributed by atoms with E-state index < -0.39 is 0 Å². The van der Waals surface area contributed by atoms with Crippen LogP contribution in [0.1, 0.15) is 22.5 Å². The van der Waals surface area contributed by atoms with Crippen molar-refractivity contribution in [1.29, 1.82) is 0 Å². The van der Waals surface area contributed by atoms with Gasteiger partial charge in [0.2, 0.25) is 5.91 Å². The second-order valence-electron chi connectivity index (χ2n) is 7.72. The maximum Gasteiger partial charge on any atom is 0.268 e. The van der Waals surface area contributed by atoms with Crippen LogP contribution >= 0.6 is 11.3 Å². The van der Waals surface area contributed by atoms with E-state index in [9.17, 15) is 9.59 Å². The summed E-state index contributed by atoms with van der Waals surface area (Å²) >= 11 is 1.38. The van der Waals surface area contributed by atoms with Gasteiger partial charge in [-0.1, -0.05) is 60.7 Å². The molecule has 32 heavy (non-hydrogen) atoms. The van der Waals surface area contributed by atoms with Crippen LogP contribution in [0.5, 0.6) is 0 Å². The predicted molar refractivity (Wildman–Crippen MR) is 129 cm³/mol. The van der Waals surface area contributed by atoms with Gasteiger partial charge in [0, 0.05) is 28.4 Å². The molecule has 1 saturated carbocycles. The molecule has 0 radical (unpaired) electrons. The minimum atomic E-state index is -0.210. The summed E-state index contributed by atoms with van der Waals surface area (Å²) in [4.78, 5) is 30.5. The molecule has 1 heterocycles. The molecule has 2 amide bonds. The molecule has 1 aromatic heterocycles. The number of nitrogens with zero attached hydrogens (tertiary/aromatic N) is 1. The number of hydrogen-bond acceptors (Lipinski definition) is 4. The number of nitrogens with one attached hydrogen (secondary N) is 2. The summed E-state index contributed by atoms with van der Waals surface area (Å²) in [6, 6.07) is 26.8. The number of carbonyl (C=O) groups is 2. The van der Waals surface area contributed by atoms with Crippen molar-refractivity contribution < 1.29 is 9.59 Å². The Labute approximate surface area is 190 Å². The van der Waals surface area contributed by atoms with Gasteiger partial charge >= 0.3 is 0 Å². The van der Waals surface area contributed by atoms with E-state index in [1.54, 1.807) is 24.3 Å². The molecule has 158 valence electrons. The lowest BCUT2D eigenvalue weighted by atomic mass is 10.1. The Morgan fingerprint density at radius 3 is 1.91 bits per heavy atom. The van der Waals surface area contributed by atoms with Gasteiger partial charge in [-0.25, -0.2) is 4.98 Å². The second kappa shape index (κ2) is 8.77. The quantitative estimate of drug-likeness (QED) is 0.383. The summed E-state index contributed by atoms with van der Waals surface area (Å²) < 4.78 is 0. The van der Waals surface area contributed by atoms with Crippen LogP contribution in [0.4, 0.5) is 11.4 Å². The van der Waals surface area contributed by atoms with E-state index in [4.69, 9.17) is 4.98 Å². The van der Waals surface area contributed by atoms with Gasteiger partial charge in [-0.05, 0) is 37.1 Å². The van der Waals surface area contributed by atoms with E-state index in [1.165, 1.54) is 11.3 Å². The lowest BCUT2D eigenvalue weighted by Gasteiger charge is -2.08. The number of carbonyl (C=O) groups excluding carboxylic acids is 2. The van der Waals surface area contributed by atoms with Crippen molar-refractivity contribution in [3.63, 3.8) is 0 Å². The van der Waals surface area contributed by atoms with E-state index in [2.05, 4.69) is 10.6 Å². The number of amides is 2. The molecule has 5 nitrogen and oxygen atoms in total. The SMILES string of the molecule is O=C(Nc1ccc(NC(=O)C2CC2)cc1)c1sc(-c2ccccc2)nc1-c1ccccc1. The molecule has 3 aromatic carbocycles. The Kier molecular flexibility index (Phi) is 5.52. The first-order chi connectivity index (χ1) is 15.7. The number of benzene rings is 3. The Balaban J connectivity index is 1.40. The summed E-state index contributed by atoms with van der Waals surface area (Å²) in [6.07, 6.45) is 1.92. The van der Waals surface area contributed by atoms with Crippen LogP contribution in [0.2, 0.25) is 0 Å². The molecular formula is C26H21N3O2S. The molecule has 0 unspecified atom stereocenters. The molecular weight excluding hydrogens is 418 g/mol. The van der Waals surface area contributed by atoms with Crippen molar-refractivity contribution in [2.45, 2.75) is 12.8 Å². The van der Waals surface area contributed by atoms with Crippen LogP contribution in [-0.4, -0.2) is 16.8 Å². The number of thiazole rings is 1. The Morgan fingerprint density at radius 1 is 0.750 bits per heavy atom. The number of hydrogen-bond donors (Lipinski definition) is 2. The minimum Gasteiger partial charge on any atom is -0.326 e. The average molecular weight is 440 g/mol. The van der Waals surface area contributed by atoms with Crippen molar-refractivity contribution in [3.8, 4) is 21.8 Å². The summed E-state index contributed by atoms with van der Waals surface area (Å²) in [5.74, 6) is 0.00150. The number of rotatable bonds is 6. The molecule has 0 saturated heterocycles. The van der Waals surface area contributed by atoms with E-state index in [-0.39, 0.29) is 17.7 Å². The smallest absolute Gasteiger partial charge is 0.268 e. The molecule has 1 aliphatic rings. The Morgan fingerprint density at radius 2 is 1.31 bits per heavy atom. The number of anilines is 2. The van der Waals surface area contributed by atoms with Crippen LogP contribution in [0.3, 0.4) is 0 Å². The minimum absolute atomic E-state index is 0.0624. The topological polar surface area (TPSA) is 71.1 Å². The molecule has 4 aromatic rings. The van der Waals surface area contributed by atoms with Gasteiger partial charge in [-0.2, -0.15) is 0 Å². The highest BCUT2D eigenvalue weighted by molar-refractivity contribution is 7.17. The summed E-state index contributed by atoms with van der Waals surface area (Å²) in [5, 5.41) is 6.68. The Hall–Kier alpha value is -3.77. The van der Waals surface area contributed by atoms with Crippen molar-refractivity contribution in [2.24, 2.45) is 5.92 Å². The second-order valence-corrected chi connectivity index (χ2v) is 8.72. The van der Waals surface area contributed by atoms with Gasteiger partial charge in [0.25, 0.3) is 5.91 Å². The third-order valence-corrected chi connectivity index (χ3v) is 6.36. The third kappa shape index (κ3) is 4.45. The van der Waals surface area contributed by atoms with E-state index in [0.29, 0.717) is 16.3 Å². The highest BCUT2D eigenvalue weighted by Gasteiger charge is 2.29. The van der Waals surface area contributed by atoms with Crippen molar-refractivity contribution in [2.75, 3.05) is 10.6 Å². The fraction of sp³-hybridized carbons (Fsp3) is 0.115.